The molecule has 0 bridgehead atoms. The van der Waals surface area contributed by atoms with Crippen molar-refractivity contribution in [3.63, 3.8) is 0 Å². The van der Waals surface area contributed by atoms with Gasteiger partial charge in [0.2, 0.25) is 5.13 Å². The van der Waals surface area contributed by atoms with Crippen LogP contribution in [0.5, 0.6) is 0 Å². The summed E-state index contributed by atoms with van der Waals surface area (Å²) in [5, 5.41) is 2.95. The number of aromatic nitrogens is 1. The largest absolute Gasteiger partial charge is 0.465 e. The minimum absolute atomic E-state index is 0.0423. The number of esters is 1. The molecule has 0 spiro atoms. The van der Waals surface area contributed by atoms with Gasteiger partial charge in [0, 0.05) is 17.0 Å². The van der Waals surface area contributed by atoms with Crippen molar-refractivity contribution in [3.8, 4) is 11.3 Å². The number of thiazole rings is 1. The molecule has 0 unspecified atom stereocenters. The van der Waals surface area contributed by atoms with Crippen LogP contribution in [0.3, 0.4) is 0 Å². The summed E-state index contributed by atoms with van der Waals surface area (Å²) in [7, 11) is -4.49. The topological polar surface area (TPSA) is 109 Å². The van der Waals surface area contributed by atoms with Crippen LogP contribution in [-0.4, -0.2) is 50.2 Å². The van der Waals surface area contributed by atoms with E-state index in [1.54, 1.807) is 6.92 Å². The molecule has 26 heavy (non-hydrogen) atoms. The number of carbonyl (C=O) groups excluding carboxylic acids is 1. The van der Waals surface area contributed by atoms with Crippen molar-refractivity contribution in [3.05, 3.63) is 35.2 Å². The molecular formula is C16H21N3O5S2. The summed E-state index contributed by atoms with van der Waals surface area (Å²) >= 11 is 1.17. The summed E-state index contributed by atoms with van der Waals surface area (Å²) in [5.74, 6) is -0.428. The van der Waals surface area contributed by atoms with Crippen LogP contribution in [0, 0.1) is 6.92 Å². The first-order valence-corrected chi connectivity index (χ1v) is 10.2. The summed E-state index contributed by atoms with van der Waals surface area (Å²) in [5.41, 5.74) is 1.53. The lowest BCUT2D eigenvalue weighted by atomic mass is 10.1. The number of ether oxygens (including phenoxy) is 1. The standard InChI is InChI=1S/C16H21N3O5S2/c1-3-24-14(20)11-17-9-10-19(26(21,22)23)16-18-15(12(2)25-16)13-7-5-4-6-8-13/h4-8,17H,3,9-11H2,1-2H3,(H,21,22,23). The van der Waals surface area contributed by atoms with E-state index in [9.17, 15) is 17.8 Å². The van der Waals surface area contributed by atoms with Gasteiger partial charge in [-0.2, -0.15) is 8.42 Å². The monoisotopic (exact) mass is 399 g/mol. The molecule has 0 aliphatic carbocycles. The number of hydrogen-bond donors (Lipinski definition) is 2. The highest BCUT2D eigenvalue weighted by Crippen LogP contribution is 2.33. The van der Waals surface area contributed by atoms with E-state index in [0.29, 0.717) is 5.69 Å². The maximum atomic E-state index is 11.7. The summed E-state index contributed by atoms with van der Waals surface area (Å²) in [6.07, 6.45) is 0. The number of aryl methyl sites for hydroxylation is 1. The Morgan fingerprint density at radius 3 is 2.65 bits per heavy atom. The van der Waals surface area contributed by atoms with Gasteiger partial charge in [0.05, 0.1) is 25.4 Å². The lowest BCUT2D eigenvalue weighted by molar-refractivity contribution is -0.141. The first-order valence-electron chi connectivity index (χ1n) is 7.97. The normalized spacial score (nSPS) is 11.3. The molecule has 0 saturated carbocycles. The van der Waals surface area contributed by atoms with Crippen LogP contribution < -0.4 is 9.62 Å². The molecule has 1 aromatic carbocycles. The molecule has 0 saturated heterocycles. The van der Waals surface area contributed by atoms with E-state index in [1.807, 2.05) is 37.3 Å². The van der Waals surface area contributed by atoms with Gasteiger partial charge in [0.25, 0.3) is 0 Å². The number of nitrogens with zero attached hydrogens (tertiary/aromatic N) is 2. The van der Waals surface area contributed by atoms with Crippen LogP contribution in [0.25, 0.3) is 11.3 Å². The Morgan fingerprint density at radius 1 is 1.35 bits per heavy atom. The molecule has 0 aliphatic rings. The van der Waals surface area contributed by atoms with Gasteiger partial charge in [0.1, 0.15) is 0 Å². The quantitative estimate of drug-likeness (QED) is 0.376. The highest BCUT2D eigenvalue weighted by molar-refractivity contribution is 7.87. The van der Waals surface area contributed by atoms with E-state index >= 15 is 0 Å². The van der Waals surface area contributed by atoms with Gasteiger partial charge in [-0.3, -0.25) is 9.35 Å². The number of nitrogens with one attached hydrogen (secondary N) is 1. The zero-order chi connectivity index (χ0) is 19.2. The molecule has 0 radical (unpaired) electrons. The lowest BCUT2D eigenvalue weighted by Crippen LogP contribution is -2.38. The number of anilines is 1. The predicted octanol–water partition coefficient (Wildman–Crippen LogP) is 1.88. The third kappa shape index (κ3) is 5.49. The Balaban J connectivity index is 2.12. The average Bonchev–Trinajstić information content (AvgIpc) is 2.96. The molecule has 1 heterocycles. The van der Waals surface area contributed by atoms with Crippen LogP contribution in [0.4, 0.5) is 5.13 Å². The summed E-state index contributed by atoms with van der Waals surface area (Å²) in [4.78, 5) is 16.5. The molecule has 10 heteroatoms. The lowest BCUT2D eigenvalue weighted by Gasteiger charge is -2.17. The Labute approximate surface area is 156 Å². The van der Waals surface area contributed by atoms with Gasteiger partial charge in [0.15, 0.2) is 0 Å². The van der Waals surface area contributed by atoms with E-state index in [-0.39, 0.29) is 31.4 Å². The predicted molar refractivity (Wildman–Crippen MR) is 101 cm³/mol. The second kappa shape index (κ2) is 9.08. The van der Waals surface area contributed by atoms with Gasteiger partial charge >= 0.3 is 16.3 Å². The van der Waals surface area contributed by atoms with Crippen molar-refractivity contribution < 1.29 is 22.5 Å². The zero-order valence-corrected chi connectivity index (χ0v) is 16.1. The summed E-state index contributed by atoms with van der Waals surface area (Å²) in [6.45, 7) is 3.85. The molecule has 0 atom stereocenters. The maximum absolute atomic E-state index is 11.7. The molecule has 8 nitrogen and oxygen atoms in total. The molecule has 2 N–H and O–H groups in total. The number of hydrogen-bond acceptors (Lipinski definition) is 7. The van der Waals surface area contributed by atoms with E-state index in [1.165, 1.54) is 11.3 Å². The number of rotatable bonds is 9. The van der Waals surface area contributed by atoms with Gasteiger partial charge in [-0.15, -0.1) is 11.3 Å². The fourth-order valence-corrected chi connectivity index (χ4v) is 4.06. The fraction of sp³-hybridized carbons (Fsp3) is 0.375. The minimum atomic E-state index is -4.49. The first-order chi connectivity index (χ1) is 12.3. The summed E-state index contributed by atoms with van der Waals surface area (Å²) in [6, 6.07) is 9.38. The highest BCUT2D eigenvalue weighted by Gasteiger charge is 2.24. The van der Waals surface area contributed by atoms with Gasteiger partial charge < -0.3 is 10.1 Å². The van der Waals surface area contributed by atoms with Crippen LogP contribution in [0.15, 0.2) is 30.3 Å². The van der Waals surface area contributed by atoms with E-state index in [4.69, 9.17) is 4.74 Å². The molecular weight excluding hydrogens is 378 g/mol. The number of carbonyl (C=O) groups is 1. The van der Waals surface area contributed by atoms with Crippen LogP contribution in [0.2, 0.25) is 0 Å². The second-order valence-electron chi connectivity index (χ2n) is 5.30. The van der Waals surface area contributed by atoms with Crippen LogP contribution in [-0.2, 0) is 19.8 Å². The molecule has 1 aromatic heterocycles. The number of benzene rings is 1. The molecule has 0 fully saturated rings. The van der Waals surface area contributed by atoms with Crippen molar-refractivity contribution in [1.82, 2.24) is 10.3 Å². The van der Waals surface area contributed by atoms with Gasteiger partial charge in [-0.05, 0) is 13.8 Å². The summed E-state index contributed by atoms with van der Waals surface area (Å²) < 4.78 is 38.6. The van der Waals surface area contributed by atoms with Crippen molar-refractivity contribution >= 4 is 32.7 Å². The highest BCUT2D eigenvalue weighted by atomic mass is 32.2. The molecule has 0 amide bonds. The van der Waals surface area contributed by atoms with Crippen molar-refractivity contribution in [2.24, 2.45) is 0 Å². The van der Waals surface area contributed by atoms with E-state index in [2.05, 4.69) is 10.3 Å². The third-order valence-corrected chi connectivity index (χ3v) is 5.41. The van der Waals surface area contributed by atoms with Crippen LogP contribution >= 0.6 is 11.3 Å². The fourth-order valence-electron chi connectivity index (χ4n) is 2.25. The van der Waals surface area contributed by atoms with Crippen molar-refractivity contribution in [2.75, 3.05) is 30.5 Å². The molecule has 2 aromatic rings. The first kappa shape index (κ1) is 20.3. The maximum Gasteiger partial charge on any atom is 0.361 e. The zero-order valence-electron chi connectivity index (χ0n) is 14.5. The SMILES string of the molecule is CCOC(=O)CNCCN(c1nc(-c2ccccc2)c(C)s1)S(=O)(=O)O. The Bertz CT molecular complexity index is 837. The third-order valence-electron chi connectivity index (χ3n) is 3.39. The Kier molecular flexibility index (Phi) is 7.09. The van der Waals surface area contributed by atoms with E-state index < -0.39 is 16.3 Å². The van der Waals surface area contributed by atoms with Crippen molar-refractivity contribution in [1.29, 1.82) is 0 Å². The van der Waals surface area contributed by atoms with Gasteiger partial charge in [-0.25, -0.2) is 9.29 Å². The smallest absolute Gasteiger partial charge is 0.361 e. The van der Waals surface area contributed by atoms with E-state index in [0.717, 1.165) is 14.7 Å². The van der Waals surface area contributed by atoms with Crippen LogP contribution in [0.1, 0.15) is 11.8 Å². The van der Waals surface area contributed by atoms with Gasteiger partial charge in [-0.1, -0.05) is 30.3 Å². The molecule has 142 valence electrons. The molecule has 2 rings (SSSR count). The molecule has 0 aliphatic heterocycles. The Morgan fingerprint density at radius 2 is 2.04 bits per heavy atom. The average molecular weight is 399 g/mol. The van der Waals surface area contributed by atoms with Crippen molar-refractivity contribution in [2.45, 2.75) is 13.8 Å². The second-order valence-corrected chi connectivity index (χ2v) is 7.82. The minimum Gasteiger partial charge on any atom is -0.465 e. The Hall–Kier alpha value is -2.01.